The van der Waals surface area contributed by atoms with Crippen LogP contribution in [0.15, 0.2) is 72.2 Å². The average molecular weight is 503 g/mol. The molecule has 0 fully saturated rings. The van der Waals surface area contributed by atoms with Gasteiger partial charge >= 0.3 is 0 Å². The van der Waals surface area contributed by atoms with Gasteiger partial charge in [0, 0.05) is 30.2 Å². The summed E-state index contributed by atoms with van der Waals surface area (Å²) in [7, 11) is 3.88. The van der Waals surface area contributed by atoms with Gasteiger partial charge in [-0.2, -0.15) is 4.98 Å². The smallest absolute Gasteiger partial charge is 0.247 e. The molecule has 2 aromatic heterocycles. The van der Waals surface area contributed by atoms with E-state index in [9.17, 15) is 14.0 Å². The van der Waals surface area contributed by atoms with Crippen molar-refractivity contribution < 1.29 is 13.9 Å². The van der Waals surface area contributed by atoms with E-state index in [1.165, 1.54) is 30.5 Å². The maximum atomic E-state index is 14.0. The van der Waals surface area contributed by atoms with Gasteiger partial charge in [0.2, 0.25) is 11.9 Å². The fraction of sp³-hybridized carbons (Fsp3) is 0.185. The first kappa shape index (κ1) is 25.5. The van der Waals surface area contributed by atoms with Crippen molar-refractivity contribution in [1.82, 2.24) is 19.4 Å². The molecule has 0 unspecified atom stereocenters. The molecule has 0 aliphatic heterocycles. The van der Waals surface area contributed by atoms with Gasteiger partial charge in [-0.15, -0.1) is 0 Å². The summed E-state index contributed by atoms with van der Waals surface area (Å²) < 4.78 is 21.5. The molecule has 0 atom stereocenters. The average Bonchev–Trinajstić information content (AvgIpc) is 2.85. The summed E-state index contributed by atoms with van der Waals surface area (Å²) in [5.74, 6) is -0.0770. The van der Waals surface area contributed by atoms with Gasteiger partial charge in [-0.25, -0.2) is 9.37 Å². The third kappa shape index (κ3) is 5.99. The summed E-state index contributed by atoms with van der Waals surface area (Å²) in [5, 5.41) is 6.15. The van der Waals surface area contributed by atoms with Crippen molar-refractivity contribution in [2.45, 2.75) is 6.92 Å². The molecule has 0 saturated carbocycles. The number of fused-ring (bicyclic) bond motifs is 1. The van der Waals surface area contributed by atoms with Crippen LogP contribution in [0, 0.1) is 12.7 Å². The Morgan fingerprint density at radius 3 is 2.76 bits per heavy atom. The molecule has 0 aliphatic carbocycles. The molecule has 37 heavy (non-hydrogen) atoms. The van der Waals surface area contributed by atoms with Gasteiger partial charge in [-0.3, -0.25) is 14.2 Å². The molecule has 1 amide bonds. The van der Waals surface area contributed by atoms with Crippen molar-refractivity contribution in [2.75, 3.05) is 37.9 Å². The molecular formula is C27H27FN6O3. The van der Waals surface area contributed by atoms with E-state index in [0.29, 0.717) is 52.7 Å². The minimum atomic E-state index is -0.404. The molecule has 2 N–H and O–H groups in total. The Morgan fingerprint density at radius 2 is 2.03 bits per heavy atom. The van der Waals surface area contributed by atoms with Gasteiger partial charge in [0.25, 0.3) is 0 Å². The second kappa shape index (κ2) is 11.0. The highest BCUT2D eigenvalue weighted by Gasteiger charge is 2.14. The minimum absolute atomic E-state index is 0.213. The predicted molar refractivity (Wildman–Crippen MR) is 142 cm³/mol. The van der Waals surface area contributed by atoms with Gasteiger partial charge in [0.05, 0.1) is 16.8 Å². The number of carbonyl (C=O) groups is 1. The molecule has 0 bridgehead atoms. The van der Waals surface area contributed by atoms with Crippen LogP contribution in [0.25, 0.3) is 16.7 Å². The van der Waals surface area contributed by atoms with E-state index in [1.54, 1.807) is 41.8 Å². The molecule has 0 saturated heterocycles. The number of rotatable bonds is 9. The topological polar surface area (TPSA) is 101 Å². The zero-order valence-electron chi connectivity index (χ0n) is 20.8. The number of anilines is 3. The minimum Gasteiger partial charge on any atom is -0.490 e. The number of ether oxygens (including phenoxy) is 1. The summed E-state index contributed by atoms with van der Waals surface area (Å²) in [5.41, 5.74) is 2.24. The lowest BCUT2D eigenvalue weighted by molar-refractivity contribution is -0.111. The lowest BCUT2D eigenvalue weighted by atomic mass is 10.2. The van der Waals surface area contributed by atoms with Crippen LogP contribution in [0.2, 0.25) is 0 Å². The Labute approximate surface area is 213 Å². The van der Waals surface area contributed by atoms with Crippen molar-refractivity contribution in [3.05, 3.63) is 89.1 Å². The lowest BCUT2D eigenvalue weighted by Gasteiger charge is -2.16. The molecule has 0 spiro atoms. The summed E-state index contributed by atoms with van der Waals surface area (Å²) in [4.78, 5) is 35.5. The number of carbonyl (C=O) groups excluding carboxylic acids is 1. The van der Waals surface area contributed by atoms with Crippen molar-refractivity contribution in [3.8, 4) is 11.4 Å². The molecule has 0 aliphatic rings. The molecule has 190 valence electrons. The summed E-state index contributed by atoms with van der Waals surface area (Å²) in [6.45, 7) is 6.38. The number of hydrogen-bond acceptors (Lipinski definition) is 7. The maximum Gasteiger partial charge on any atom is 0.247 e. The molecule has 10 heteroatoms. The van der Waals surface area contributed by atoms with E-state index in [1.807, 2.05) is 19.0 Å². The molecule has 0 radical (unpaired) electrons. The molecule has 2 heterocycles. The number of halogens is 1. The number of amides is 1. The first-order valence-electron chi connectivity index (χ1n) is 11.5. The highest BCUT2D eigenvalue weighted by atomic mass is 19.1. The van der Waals surface area contributed by atoms with Gasteiger partial charge in [0.1, 0.15) is 18.2 Å². The van der Waals surface area contributed by atoms with Crippen LogP contribution >= 0.6 is 0 Å². The van der Waals surface area contributed by atoms with Gasteiger partial charge in [-0.05, 0) is 63.5 Å². The zero-order chi connectivity index (χ0) is 26.5. The van der Waals surface area contributed by atoms with Crippen molar-refractivity contribution in [3.63, 3.8) is 0 Å². The standard InChI is InChI=1S/C27H27FN6O3/c1-5-25(36)31-22-15-19(9-10-24(22)37-12-11-33(3)4)30-27-29-16-21-23(35)13-17(2)34(26(21)32-27)20-8-6-7-18(28)14-20/h5-10,13-16H,1,11-12H2,2-4H3,(H,31,36)(H,29,30,32). The van der Waals surface area contributed by atoms with Crippen LogP contribution in [-0.4, -0.2) is 52.6 Å². The number of likely N-dealkylation sites (N-methyl/N-ethyl adjacent to an activating group) is 1. The third-order valence-electron chi connectivity index (χ3n) is 5.48. The molecule has 2 aromatic carbocycles. The van der Waals surface area contributed by atoms with Crippen molar-refractivity contribution >= 4 is 34.3 Å². The Kier molecular flexibility index (Phi) is 7.59. The first-order valence-corrected chi connectivity index (χ1v) is 11.5. The van der Waals surface area contributed by atoms with Crippen LogP contribution in [0.5, 0.6) is 5.75 Å². The van der Waals surface area contributed by atoms with Crippen LogP contribution < -0.4 is 20.8 Å². The van der Waals surface area contributed by atoms with E-state index in [4.69, 9.17) is 4.74 Å². The fourth-order valence-electron chi connectivity index (χ4n) is 3.70. The Morgan fingerprint density at radius 1 is 1.22 bits per heavy atom. The molecule has 4 aromatic rings. The number of pyridine rings is 1. The van der Waals surface area contributed by atoms with Crippen molar-refractivity contribution in [2.24, 2.45) is 0 Å². The molecular weight excluding hydrogens is 475 g/mol. The maximum absolute atomic E-state index is 14.0. The Balaban J connectivity index is 1.72. The second-order valence-corrected chi connectivity index (χ2v) is 8.58. The van der Waals surface area contributed by atoms with Gasteiger partial charge in [0.15, 0.2) is 11.1 Å². The quantitative estimate of drug-likeness (QED) is 0.333. The van der Waals surface area contributed by atoms with E-state index in [0.717, 1.165) is 0 Å². The van der Waals surface area contributed by atoms with E-state index < -0.39 is 5.82 Å². The van der Waals surface area contributed by atoms with E-state index in [2.05, 4.69) is 27.2 Å². The van der Waals surface area contributed by atoms with Gasteiger partial charge < -0.3 is 20.3 Å². The lowest BCUT2D eigenvalue weighted by Crippen LogP contribution is -2.20. The normalized spacial score (nSPS) is 10.9. The first-order chi connectivity index (χ1) is 17.7. The van der Waals surface area contributed by atoms with Crippen LogP contribution in [0.4, 0.5) is 21.7 Å². The number of nitrogens with zero attached hydrogens (tertiary/aromatic N) is 4. The zero-order valence-corrected chi connectivity index (χ0v) is 20.8. The number of hydrogen-bond donors (Lipinski definition) is 2. The predicted octanol–water partition coefficient (Wildman–Crippen LogP) is 4.04. The van der Waals surface area contributed by atoms with E-state index in [-0.39, 0.29) is 17.3 Å². The van der Waals surface area contributed by atoms with Gasteiger partial charge in [-0.1, -0.05) is 12.6 Å². The number of aromatic nitrogens is 3. The number of nitrogens with one attached hydrogen (secondary N) is 2. The Bertz CT molecular complexity index is 1530. The van der Waals surface area contributed by atoms with Crippen LogP contribution in [0.3, 0.4) is 0 Å². The SMILES string of the molecule is C=CC(=O)Nc1cc(Nc2ncc3c(=O)cc(C)n(-c4cccc(F)c4)c3n2)ccc1OCCN(C)C. The Hall–Kier alpha value is -4.57. The van der Waals surface area contributed by atoms with Crippen molar-refractivity contribution in [1.29, 1.82) is 0 Å². The largest absolute Gasteiger partial charge is 0.490 e. The summed E-state index contributed by atoms with van der Waals surface area (Å²) in [6, 6.07) is 12.7. The summed E-state index contributed by atoms with van der Waals surface area (Å²) in [6.07, 6.45) is 2.60. The highest BCUT2D eigenvalue weighted by molar-refractivity contribution is 6.00. The van der Waals surface area contributed by atoms with E-state index >= 15 is 0 Å². The van der Waals surface area contributed by atoms with Crippen LogP contribution in [0.1, 0.15) is 5.69 Å². The highest BCUT2D eigenvalue weighted by Crippen LogP contribution is 2.30. The van der Waals surface area contributed by atoms with Crippen LogP contribution in [-0.2, 0) is 4.79 Å². The summed E-state index contributed by atoms with van der Waals surface area (Å²) >= 11 is 0. The second-order valence-electron chi connectivity index (χ2n) is 8.58. The molecule has 9 nitrogen and oxygen atoms in total. The monoisotopic (exact) mass is 502 g/mol. The number of benzene rings is 2. The fourth-order valence-corrected chi connectivity index (χ4v) is 3.70. The number of aryl methyl sites for hydroxylation is 1. The third-order valence-corrected chi connectivity index (χ3v) is 5.48. The molecule has 4 rings (SSSR count).